The molecule has 140 valence electrons. The Kier molecular flexibility index (Phi) is 4.05. The van der Waals surface area contributed by atoms with Gasteiger partial charge in [0.15, 0.2) is 5.52 Å². The summed E-state index contributed by atoms with van der Waals surface area (Å²) in [5.41, 5.74) is 11.4. The van der Waals surface area contributed by atoms with E-state index in [2.05, 4.69) is 84.3 Å². The zero-order chi connectivity index (χ0) is 18.9. The first-order valence-electron chi connectivity index (χ1n) is 9.41. The van der Waals surface area contributed by atoms with Crippen molar-refractivity contribution in [1.29, 1.82) is 0 Å². The van der Waals surface area contributed by atoms with Crippen LogP contribution < -0.4 is 20.5 Å². The van der Waals surface area contributed by atoms with Crippen molar-refractivity contribution < 1.29 is 4.98 Å². The first kappa shape index (κ1) is 16.6. The number of anilines is 3. The lowest BCUT2D eigenvalue weighted by molar-refractivity contribution is -0.348. The number of nitrogens with zero attached hydrogens (tertiary/aromatic N) is 4. The first-order valence-corrected chi connectivity index (χ1v) is 9.41. The number of nitrogens with two attached hydrogens (primary N) is 1. The van der Waals surface area contributed by atoms with Gasteiger partial charge in [0.2, 0.25) is 11.5 Å². The van der Waals surface area contributed by atoms with E-state index < -0.39 is 0 Å². The van der Waals surface area contributed by atoms with Gasteiger partial charge in [0, 0.05) is 24.3 Å². The van der Waals surface area contributed by atoms with Crippen LogP contribution in [0.4, 0.5) is 17.5 Å². The van der Waals surface area contributed by atoms with Crippen LogP contribution in [0, 0.1) is 0 Å². The minimum absolute atomic E-state index is 0.369. The molecule has 0 atom stereocenters. The molecule has 4 aromatic rings. The Labute approximate surface area is 162 Å². The number of hydrogen-bond donors (Lipinski definition) is 2. The second kappa shape index (κ2) is 6.84. The number of fused-ring (bicyclic) bond motifs is 2. The second-order valence-corrected chi connectivity index (χ2v) is 7.03. The van der Waals surface area contributed by atoms with E-state index >= 15 is 0 Å². The molecule has 3 heterocycles. The Morgan fingerprint density at radius 3 is 2.75 bits per heavy atom. The molecule has 1 aliphatic rings. The van der Waals surface area contributed by atoms with Gasteiger partial charge in [0.05, 0.1) is 19.4 Å². The zero-order valence-corrected chi connectivity index (χ0v) is 15.5. The molecule has 0 fully saturated rings. The molecule has 5 rings (SSSR count). The average molecular weight is 372 g/mol. The number of H-pyrrole nitrogens is 2. The molecule has 0 spiro atoms. The maximum absolute atomic E-state index is 6.00. The van der Waals surface area contributed by atoms with Crippen LogP contribution in [-0.2, 0) is 13.1 Å². The molecule has 0 unspecified atom stereocenters. The van der Waals surface area contributed by atoms with E-state index in [4.69, 9.17) is 5.73 Å². The number of para-hydroxylation sites is 1. The first-order chi connectivity index (χ1) is 13.8. The normalized spacial score (nSPS) is 14.1. The Hall–Kier alpha value is -3.61. The van der Waals surface area contributed by atoms with Crippen LogP contribution in [0.1, 0.15) is 11.1 Å². The van der Waals surface area contributed by atoms with E-state index in [0.717, 1.165) is 37.5 Å². The van der Waals surface area contributed by atoms with E-state index in [1.807, 2.05) is 0 Å². The Morgan fingerprint density at radius 1 is 1.04 bits per heavy atom. The van der Waals surface area contributed by atoms with Crippen LogP contribution in [0.25, 0.3) is 11.2 Å². The summed E-state index contributed by atoms with van der Waals surface area (Å²) in [6, 6.07) is 19.2. The van der Waals surface area contributed by atoms with Crippen LogP contribution in [0.3, 0.4) is 0 Å². The molecule has 28 heavy (non-hydrogen) atoms. The summed E-state index contributed by atoms with van der Waals surface area (Å²) >= 11 is 0. The molecule has 0 radical (unpaired) electrons. The number of aromatic amines is 2. The fourth-order valence-corrected chi connectivity index (χ4v) is 3.87. The van der Waals surface area contributed by atoms with E-state index in [-0.39, 0.29) is 0 Å². The highest BCUT2D eigenvalue weighted by Gasteiger charge is 2.26. The van der Waals surface area contributed by atoms with Gasteiger partial charge in [-0.15, -0.1) is 0 Å². The smallest absolute Gasteiger partial charge is 0.344 e. The quantitative estimate of drug-likeness (QED) is 0.576. The largest absolute Gasteiger partial charge is 0.364 e. The third-order valence-electron chi connectivity index (χ3n) is 5.19. The predicted octanol–water partition coefficient (Wildman–Crippen LogP) is 2.38. The number of benzene rings is 2. The topological polar surface area (TPSA) is 88.2 Å². The monoisotopic (exact) mass is 372 g/mol. The lowest BCUT2D eigenvalue weighted by Gasteiger charge is -2.24. The summed E-state index contributed by atoms with van der Waals surface area (Å²) in [5.74, 6) is 1.30. The minimum Gasteiger partial charge on any atom is -0.364 e. The third kappa shape index (κ3) is 3.00. The summed E-state index contributed by atoms with van der Waals surface area (Å²) in [5, 5.41) is 0. The molecule has 1 aliphatic heterocycles. The summed E-state index contributed by atoms with van der Waals surface area (Å²) < 4.78 is 0. The molecule has 0 aliphatic carbocycles. The molecule has 7 nitrogen and oxygen atoms in total. The maximum atomic E-state index is 6.00. The van der Waals surface area contributed by atoms with E-state index in [0.29, 0.717) is 11.6 Å². The molecule has 0 amide bonds. The summed E-state index contributed by atoms with van der Waals surface area (Å²) in [7, 11) is 0. The average Bonchev–Trinajstić information content (AvgIpc) is 3.11. The molecule has 7 heteroatoms. The van der Waals surface area contributed by atoms with Crippen LogP contribution in [0.15, 0.2) is 60.9 Å². The number of hydrogen-bond acceptors (Lipinski definition) is 5. The van der Waals surface area contributed by atoms with Crippen molar-refractivity contribution in [2.24, 2.45) is 0 Å². The highest BCUT2D eigenvalue weighted by Crippen LogP contribution is 2.29. The van der Waals surface area contributed by atoms with Gasteiger partial charge in [0.25, 0.3) is 0 Å². The molecule has 0 saturated carbocycles. The Bertz CT molecular complexity index is 1110. The van der Waals surface area contributed by atoms with Crippen molar-refractivity contribution in [3.63, 3.8) is 0 Å². The number of rotatable bonds is 3. The fourth-order valence-electron chi connectivity index (χ4n) is 3.87. The van der Waals surface area contributed by atoms with Gasteiger partial charge >= 0.3 is 5.95 Å². The van der Waals surface area contributed by atoms with Crippen molar-refractivity contribution >= 4 is 28.6 Å². The summed E-state index contributed by atoms with van der Waals surface area (Å²) in [4.78, 5) is 19.7. The van der Waals surface area contributed by atoms with Gasteiger partial charge in [-0.1, -0.05) is 53.5 Å². The van der Waals surface area contributed by atoms with Crippen LogP contribution in [0.2, 0.25) is 0 Å². The van der Waals surface area contributed by atoms with Gasteiger partial charge in [-0.3, -0.25) is 0 Å². The molecule has 0 bridgehead atoms. The highest BCUT2D eigenvalue weighted by atomic mass is 15.3. The molecular formula is C21H22N7+. The Morgan fingerprint density at radius 2 is 1.86 bits per heavy atom. The maximum Gasteiger partial charge on any atom is 0.344 e. The summed E-state index contributed by atoms with van der Waals surface area (Å²) in [6.45, 7) is 3.43. The summed E-state index contributed by atoms with van der Waals surface area (Å²) in [6.07, 6.45) is 1.65. The van der Waals surface area contributed by atoms with E-state index in [1.54, 1.807) is 6.33 Å². The van der Waals surface area contributed by atoms with Crippen molar-refractivity contribution in [3.8, 4) is 0 Å². The molecule has 4 N–H and O–H groups in total. The standard InChI is InChI=1S/C21H21N7/c22-21-25-19-18(23-14-24-19)20(26-21)28-11-10-27(12-15-6-2-1-3-7-15)17-9-5-4-8-16(17)13-28/h1-9,14H,10-13H2,(H3,22,23,24,25,26)/p+1. The molecule has 2 aromatic heterocycles. The second-order valence-electron chi connectivity index (χ2n) is 7.03. The van der Waals surface area contributed by atoms with Gasteiger partial charge in [-0.2, -0.15) is 0 Å². The van der Waals surface area contributed by atoms with Crippen LogP contribution in [0.5, 0.6) is 0 Å². The highest BCUT2D eigenvalue weighted by molar-refractivity contribution is 5.81. The molecule has 2 aromatic carbocycles. The van der Waals surface area contributed by atoms with E-state index in [9.17, 15) is 0 Å². The van der Waals surface area contributed by atoms with Crippen molar-refractivity contribution in [1.82, 2.24) is 15.0 Å². The predicted molar refractivity (Wildman–Crippen MR) is 110 cm³/mol. The SMILES string of the molecule is Nc1nc2nc[nH]c2c(N2CCN(Cc3ccccc3)c3ccccc3C2)[nH+]1. The molecule has 0 saturated heterocycles. The third-order valence-corrected chi connectivity index (χ3v) is 5.19. The number of aromatic nitrogens is 4. The number of nitrogen functional groups attached to an aromatic ring is 1. The van der Waals surface area contributed by atoms with Gasteiger partial charge in [0.1, 0.15) is 0 Å². The zero-order valence-electron chi connectivity index (χ0n) is 15.5. The lowest BCUT2D eigenvalue weighted by Crippen LogP contribution is -2.35. The Balaban J connectivity index is 1.52. The minimum atomic E-state index is 0.369. The van der Waals surface area contributed by atoms with Gasteiger partial charge in [-0.25, -0.2) is 9.97 Å². The number of nitrogens with one attached hydrogen (secondary N) is 2. The fraction of sp³-hybridized carbons (Fsp3) is 0.190. The van der Waals surface area contributed by atoms with Crippen molar-refractivity contribution in [3.05, 3.63) is 72.1 Å². The van der Waals surface area contributed by atoms with Crippen molar-refractivity contribution in [2.45, 2.75) is 13.1 Å². The van der Waals surface area contributed by atoms with Crippen LogP contribution in [-0.4, -0.2) is 28.0 Å². The van der Waals surface area contributed by atoms with Gasteiger partial charge < -0.3 is 20.5 Å². The lowest BCUT2D eigenvalue weighted by atomic mass is 10.1. The van der Waals surface area contributed by atoms with Gasteiger partial charge in [-0.05, 0) is 11.6 Å². The number of imidazole rings is 1. The van der Waals surface area contributed by atoms with E-state index in [1.165, 1.54) is 16.8 Å². The molecular weight excluding hydrogens is 350 g/mol. The van der Waals surface area contributed by atoms with Crippen LogP contribution >= 0.6 is 0 Å². The van der Waals surface area contributed by atoms with Crippen molar-refractivity contribution in [2.75, 3.05) is 28.6 Å².